The number of carbonyl (C=O) groups excluding carboxylic acids is 1. The molecule has 0 bridgehead atoms. The first-order chi connectivity index (χ1) is 25.9. The largest absolute Gasteiger partial charge is 0.466 e. The van der Waals surface area contributed by atoms with Crippen LogP contribution in [0.5, 0.6) is 0 Å². The van der Waals surface area contributed by atoms with E-state index in [0.29, 0.717) is 13.0 Å². The first-order valence-electron chi connectivity index (χ1n) is 23.3. The highest BCUT2D eigenvalue weighted by Gasteiger charge is 2.29. The molecule has 0 aliphatic heterocycles. The summed E-state index contributed by atoms with van der Waals surface area (Å²) in [6.45, 7) is 16.8. The number of hydrogen-bond acceptors (Lipinski definition) is 7. The molecule has 0 aliphatic rings. The van der Waals surface area contributed by atoms with Crippen LogP contribution in [-0.4, -0.2) is 76.9 Å². The normalized spacial score (nSPS) is 12.6. The topological polar surface area (TPSA) is 77.5 Å². The molecule has 0 fully saturated rings. The van der Waals surface area contributed by atoms with Gasteiger partial charge >= 0.3 is 14.5 Å². The van der Waals surface area contributed by atoms with E-state index < -0.39 is 8.56 Å². The summed E-state index contributed by atoms with van der Waals surface area (Å²) in [5.74, 6) is -0.0274. The first-order valence-corrected chi connectivity index (χ1v) is 26.1. The molecule has 8 heteroatoms. The SMILES string of the molecule is CCCCCCCCCCCOC(=O)CCCCCN(CCCCO)CCCCCCO[Si](C)(C)OC(CCCCCCC)OCCCCCCCC. The number of esters is 1. The van der Waals surface area contributed by atoms with Crippen LogP contribution in [0.3, 0.4) is 0 Å². The number of hydrogen-bond donors (Lipinski definition) is 1. The Bertz CT molecular complexity index is 742. The van der Waals surface area contributed by atoms with E-state index >= 15 is 0 Å². The van der Waals surface area contributed by atoms with Crippen LogP contribution in [0.15, 0.2) is 0 Å². The summed E-state index contributed by atoms with van der Waals surface area (Å²) in [4.78, 5) is 14.7. The number of ether oxygens (including phenoxy) is 2. The molecule has 0 aromatic carbocycles. The maximum atomic E-state index is 12.2. The van der Waals surface area contributed by atoms with Crippen molar-refractivity contribution in [3.8, 4) is 0 Å². The molecule has 0 amide bonds. The average molecular weight is 772 g/mol. The molecule has 0 radical (unpaired) electrons. The van der Waals surface area contributed by atoms with E-state index in [-0.39, 0.29) is 18.9 Å². The van der Waals surface area contributed by atoms with Gasteiger partial charge in [0.25, 0.3) is 0 Å². The second-order valence-electron chi connectivity index (χ2n) is 16.2. The van der Waals surface area contributed by atoms with Gasteiger partial charge in [-0.15, -0.1) is 0 Å². The van der Waals surface area contributed by atoms with Crippen LogP contribution in [0.2, 0.25) is 13.1 Å². The van der Waals surface area contributed by atoms with Gasteiger partial charge in [-0.05, 0) is 96.9 Å². The van der Waals surface area contributed by atoms with Gasteiger partial charge in [-0.3, -0.25) is 4.79 Å². The molecule has 0 saturated carbocycles. The third-order valence-corrected chi connectivity index (χ3v) is 12.1. The maximum absolute atomic E-state index is 12.2. The van der Waals surface area contributed by atoms with Gasteiger partial charge in [-0.25, -0.2) is 0 Å². The lowest BCUT2D eigenvalue weighted by atomic mass is 10.1. The van der Waals surface area contributed by atoms with Crippen LogP contribution in [0, 0.1) is 0 Å². The van der Waals surface area contributed by atoms with Gasteiger partial charge in [0.05, 0.1) is 6.61 Å². The van der Waals surface area contributed by atoms with E-state index in [9.17, 15) is 9.90 Å². The van der Waals surface area contributed by atoms with E-state index in [2.05, 4.69) is 38.8 Å². The predicted molar refractivity (Wildman–Crippen MR) is 229 cm³/mol. The second-order valence-corrected chi connectivity index (χ2v) is 19.5. The highest BCUT2D eigenvalue weighted by molar-refractivity contribution is 6.64. The highest BCUT2D eigenvalue weighted by atomic mass is 28.4. The lowest BCUT2D eigenvalue weighted by Crippen LogP contribution is -2.40. The number of aliphatic hydroxyl groups is 1. The van der Waals surface area contributed by atoms with Crippen LogP contribution in [0.4, 0.5) is 0 Å². The number of nitrogens with zero attached hydrogens (tertiary/aromatic N) is 1. The fourth-order valence-electron chi connectivity index (χ4n) is 6.88. The summed E-state index contributed by atoms with van der Waals surface area (Å²) in [6.07, 6.45) is 36.5. The summed E-state index contributed by atoms with van der Waals surface area (Å²) >= 11 is 0. The Hall–Kier alpha value is -0.513. The average Bonchev–Trinajstić information content (AvgIpc) is 3.14. The van der Waals surface area contributed by atoms with E-state index in [1.807, 2.05) is 0 Å². The van der Waals surface area contributed by atoms with Gasteiger partial charge in [0.1, 0.15) is 6.29 Å². The summed E-state index contributed by atoms with van der Waals surface area (Å²) in [7, 11) is -2.26. The Morgan fingerprint density at radius 3 is 1.51 bits per heavy atom. The quantitative estimate of drug-likeness (QED) is 0.0286. The third-order valence-electron chi connectivity index (χ3n) is 10.3. The van der Waals surface area contributed by atoms with E-state index in [0.717, 1.165) is 97.1 Å². The third kappa shape index (κ3) is 39.5. The molecule has 1 N–H and O–H groups in total. The molecular weight excluding hydrogens is 679 g/mol. The molecule has 0 aromatic heterocycles. The minimum Gasteiger partial charge on any atom is -0.466 e. The van der Waals surface area contributed by atoms with Crippen molar-refractivity contribution in [3.05, 3.63) is 0 Å². The van der Waals surface area contributed by atoms with Crippen molar-refractivity contribution >= 4 is 14.5 Å². The van der Waals surface area contributed by atoms with Crippen molar-refractivity contribution in [2.24, 2.45) is 0 Å². The fraction of sp³-hybridized carbons (Fsp3) is 0.978. The zero-order valence-corrected chi connectivity index (χ0v) is 37.4. The molecule has 318 valence electrons. The number of unbranched alkanes of at least 4 members (excludes halogenated alkanes) is 23. The second kappa shape index (κ2) is 41.1. The van der Waals surface area contributed by atoms with Crippen molar-refractivity contribution < 1.29 is 28.2 Å². The minimum absolute atomic E-state index is 0.0274. The zero-order chi connectivity index (χ0) is 38.9. The highest BCUT2D eigenvalue weighted by Crippen LogP contribution is 2.19. The molecule has 0 aromatic rings. The van der Waals surface area contributed by atoms with Gasteiger partial charge in [0.15, 0.2) is 0 Å². The predicted octanol–water partition coefficient (Wildman–Crippen LogP) is 13.1. The lowest BCUT2D eigenvalue weighted by Gasteiger charge is -2.29. The van der Waals surface area contributed by atoms with Crippen molar-refractivity contribution in [1.82, 2.24) is 4.90 Å². The Balaban J connectivity index is 4.21. The van der Waals surface area contributed by atoms with E-state index in [1.165, 1.54) is 128 Å². The molecular formula is C45H93NO6Si. The van der Waals surface area contributed by atoms with Gasteiger partial charge < -0.3 is 28.3 Å². The Kier molecular flexibility index (Phi) is 40.7. The van der Waals surface area contributed by atoms with Crippen LogP contribution in [-0.2, 0) is 23.1 Å². The first kappa shape index (κ1) is 52.5. The summed E-state index contributed by atoms with van der Waals surface area (Å²) in [5, 5.41) is 9.29. The number of rotatable bonds is 44. The maximum Gasteiger partial charge on any atom is 0.333 e. The van der Waals surface area contributed by atoms with Crippen LogP contribution < -0.4 is 0 Å². The fourth-order valence-corrected chi connectivity index (χ4v) is 8.41. The van der Waals surface area contributed by atoms with Gasteiger partial charge in [0, 0.05) is 26.2 Å². The van der Waals surface area contributed by atoms with Crippen LogP contribution in [0.25, 0.3) is 0 Å². The van der Waals surface area contributed by atoms with Crippen LogP contribution in [0.1, 0.15) is 220 Å². The smallest absolute Gasteiger partial charge is 0.333 e. The van der Waals surface area contributed by atoms with Crippen molar-refractivity contribution in [2.45, 2.75) is 239 Å². The molecule has 0 aliphatic carbocycles. The molecule has 0 rings (SSSR count). The van der Waals surface area contributed by atoms with Gasteiger partial charge in [-0.1, -0.05) is 149 Å². The summed E-state index contributed by atoms with van der Waals surface area (Å²) in [5.41, 5.74) is 0. The molecule has 1 atom stereocenters. The molecule has 0 saturated heterocycles. The van der Waals surface area contributed by atoms with E-state index in [4.69, 9.17) is 18.3 Å². The Morgan fingerprint density at radius 1 is 0.528 bits per heavy atom. The van der Waals surface area contributed by atoms with Crippen molar-refractivity contribution in [2.75, 3.05) is 46.1 Å². The number of carbonyl (C=O) groups is 1. The van der Waals surface area contributed by atoms with E-state index in [1.54, 1.807) is 0 Å². The molecule has 7 nitrogen and oxygen atoms in total. The molecule has 0 heterocycles. The lowest BCUT2D eigenvalue weighted by molar-refractivity contribution is -0.143. The Labute approximate surface area is 332 Å². The number of aliphatic hydroxyl groups excluding tert-OH is 1. The van der Waals surface area contributed by atoms with Crippen molar-refractivity contribution in [3.63, 3.8) is 0 Å². The molecule has 0 spiro atoms. The minimum atomic E-state index is -2.26. The van der Waals surface area contributed by atoms with Gasteiger partial charge in [-0.2, -0.15) is 0 Å². The van der Waals surface area contributed by atoms with Crippen LogP contribution >= 0.6 is 0 Å². The summed E-state index contributed by atoms with van der Waals surface area (Å²) < 4.78 is 24.7. The Morgan fingerprint density at radius 2 is 0.962 bits per heavy atom. The summed E-state index contributed by atoms with van der Waals surface area (Å²) in [6, 6.07) is 0. The molecule has 53 heavy (non-hydrogen) atoms. The standard InChI is InChI=1S/C45H93NO6Si/c1-6-9-12-15-17-18-19-23-32-41-49-44(48)35-26-25-29-38-46(39-30-31-40-47)37-28-21-24-34-43-51-53(4,5)52-45(36-27-20-14-11-8-3)50-42-33-22-16-13-10-7-2/h45,47H,6-43H2,1-5H3. The van der Waals surface area contributed by atoms with Crippen molar-refractivity contribution in [1.29, 1.82) is 0 Å². The molecule has 1 unspecified atom stereocenters. The zero-order valence-electron chi connectivity index (χ0n) is 36.4. The monoisotopic (exact) mass is 772 g/mol. The van der Waals surface area contributed by atoms with Gasteiger partial charge in [0.2, 0.25) is 0 Å².